The topological polar surface area (TPSA) is 68.1 Å². The Morgan fingerprint density at radius 2 is 1.85 bits per heavy atom. The Kier molecular flexibility index (Phi) is 5.54. The second-order valence-electron chi connectivity index (χ2n) is 10.4. The lowest BCUT2D eigenvalue weighted by Crippen LogP contribution is -2.32. The minimum atomic E-state index is 0.513. The van der Waals surface area contributed by atoms with Gasteiger partial charge in [-0.2, -0.15) is 5.10 Å². The van der Waals surface area contributed by atoms with E-state index in [-0.39, 0.29) is 0 Å². The van der Waals surface area contributed by atoms with Gasteiger partial charge in [0.25, 0.3) is 0 Å². The normalized spacial score (nSPS) is 26.2. The average molecular weight is 447 g/mol. The fraction of sp³-hybridized carbons (Fsp3) is 0.577. The molecular formula is C26H34N6O. The molecule has 2 saturated heterocycles. The highest BCUT2D eigenvalue weighted by molar-refractivity contribution is 5.85. The summed E-state index contributed by atoms with van der Waals surface area (Å²) in [6, 6.07) is 8.98. The quantitative estimate of drug-likeness (QED) is 0.641. The molecular weight excluding hydrogens is 412 g/mol. The van der Waals surface area contributed by atoms with E-state index in [1.54, 1.807) is 0 Å². The monoisotopic (exact) mass is 446 g/mol. The number of fused-ring (bicyclic) bond motifs is 2. The zero-order chi connectivity index (χ0) is 22.4. The Morgan fingerprint density at radius 3 is 2.58 bits per heavy atom. The molecule has 0 bridgehead atoms. The van der Waals surface area contributed by atoms with E-state index in [0.717, 1.165) is 58.9 Å². The maximum Gasteiger partial charge on any atom is 0.148 e. The molecule has 6 rings (SSSR count). The number of rotatable bonds is 5. The van der Waals surface area contributed by atoms with Crippen LogP contribution in [0.1, 0.15) is 31.2 Å². The van der Waals surface area contributed by atoms with Crippen LogP contribution in [0, 0.1) is 24.7 Å². The van der Waals surface area contributed by atoms with Gasteiger partial charge in [0.15, 0.2) is 0 Å². The molecule has 7 nitrogen and oxygen atoms in total. The summed E-state index contributed by atoms with van der Waals surface area (Å²) in [6.07, 6.45) is 7.01. The van der Waals surface area contributed by atoms with E-state index in [1.165, 1.54) is 50.9 Å². The van der Waals surface area contributed by atoms with Gasteiger partial charge in [-0.25, -0.2) is 0 Å². The Labute approximate surface area is 195 Å². The summed E-state index contributed by atoms with van der Waals surface area (Å²) in [5.41, 5.74) is 4.22. The Bertz CT molecular complexity index is 1110. The van der Waals surface area contributed by atoms with Crippen molar-refractivity contribution in [1.82, 2.24) is 24.9 Å². The summed E-state index contributed by atoms with van der Waals surface area (Å²) in [7, 11) is 1.95. The fourth-order valence-electron chi connectivity index (χ4n) is 6.30. The van der Waals surface area contributed by atoms with Crippen molar-refractivity contribution in [2.45, 2.75) is 38.6 Å². The molecule has 2 atom stereocenters. The summed E-state index contributed by atoms with van der Waals surface area (Å²) < 4.78 is 7.38. The van der Waals surface area contributed by atoms with E-state index in [0.29, 0.717) is 6.04 Å². The first-order valence-corrected chi connectivity index (χ1v) is 12.5. The van der Waals surface area contributed by atoms with Gasteiger partial charge in [-0.1, -0.05) is 0 Å². The molecule has 3 aliphatic rings. The minimum Gasteiger partial charge on any atom is -0.381 e. The highest BCUT2D eigenvalue weighted by atomic mass is 16.5. The molecule has 2 unspecified atom stereocenters. The van der Waals surface area contributed by atoms with Crippen LogP contribution in [0.2, 0.25) is 0 Å². The van der Waals surface area contributed by atoms with Crippen LogP contribution >= 0.6 is 0 Å². The van der Waals surface area contributed by atoms with Crippen molar-refractivity contribution < 1.29 is 4.74 Å². The first-order valence-electron chi connectivity index (χ1n) is 12.5. The summed E-state index contributed by atoms with van der Waals surface area (Å²) in [5.74, 6) is 3.37. The number of aryl methyl sites for hydroxylation is 2. The maximum atomic E-state index is 5.52. The minimum absolute atomic E-state index is 0.513. The van der Waals surface area contributed by atoms with E-state index < -0.39 is 0 Å². The zero-order valence-electron chi connectivity index (χ0n) is 19.7. The average Bonchev–Trinajstić information content (AvgIpc) is 3.46. The smallest absolute Gasteiger partial charge is 0.148 e. The summed E-state index contributed by atoms with van der Waals surface area (Å²) in [4.78, 5) is 2.72. The largest absolute Gasteiger partial charge is 0.381 e. The number of nitrogens with zero attached hydrogens (tertiary/aromatic N) is 5. The van der Waals surface area contributed by atoms with Crippen LogP contribution in [0.25, 0.3) is 22.2 Å². The lowest BCUT2D eigenvalue weighted by atomic mass is 10.00. The number of aromatic nitrogens is 4. The number of nitrogens with one attached hydrogen (secondary N) is 1. The predicted octanol–water partition coefficient (Wildman–Crippen LogP) is 3.89. The van der Waals surface area contributed by atoms with Crippen LogP contribution < -0.4 is 5.32 Å². The molecule has 1 aromatic carbocycles. The number of likely N-dealkylation sites (tertiary alicyclic amines) is 1. The van der Waals surface area contributed by atoms with Gasteiger partial charge < -0.3 is 15.0 Å². The lowest BCUT2D eigenvalue weighted by Gasteiger charge is -2.27. The van der Waals surface area contributed by atoms with Crippen LogP contribution in [0.15, 0.2) is 30.5 Å². The number of benzene rings is 1. The van der Waals surface area contributed by atoms with E-state index in [9.17, 15) is 0 Å². The predicted molar refractivity (Wildman–Crippen MR) is 130 cm³/mol. The van der Waals surface area contributed by atoms with E-state index >= 15 is 0 Å². The van der Waals surface area contributed by atoms with Crippen molar-refractivity contribution in [3.63, 3.8) is 0 Å². The first-order chi connectivity index (χ1) is 16.1. The fourth-order valence-corrected chi connectivity index (χ4v) is 6.30. The lowest BCUT2D eigenvalue weighted by molar-refractivity contribution is 0.0545. The van der Waals surface area contributed by atoms with Crippen molar-refractivity contribution in [2.24, 2.45) is 24.8 Å². The SMILES string of the molecule is Cc1cc2nn(C)cc2cc1-c1ccc(NC2CC3CN(CC4CCOCC4)CC3C2)nn1. The summed E-state index contributed by atoms with van der Waals surface area (Å²) in [5, 5.41) is 18.4. The highest BCUT2D eigenvalue weighted by Gasteiger charge is 2.41. The molecule has 0 radical (unpaired) electrons. The van der Waals surface area contributed by atoms with Crippen LogP contribution in [-0.2, 0) is 11.8 Å². The molecule has 3 fully saturated rings. The second kappa shape index (κ2) is 8.69. The molecule has 2 aliphatic heterocycles. The van der Waals surface area contributed by atoms with Crippen LogP contribution in [0.3, 0.4) is 0 Å². The van der Waals surface area contributed by atoms with Crippen molar-refractivity contribution in [3.05, 3.63) is 36.0 Å². The molecule has 33 heavy (non-hydrogen) atoms. The Morgan fingerprint density at radius 1 is 1.06 bits per heavy atom. The third-order valence-electron chi connectivity index (χ3n) is 7.94. The number of ether oxygens (including phenoxy) is 1. The molecule has 0 spiro atoms. The molecule has 1 N–H and O–H groups in total. The summed E-state index contributed by atoms with van der Waals surface area (Å²) in [6.45, 7) is 7.82. The third-order valence-corrected chi connectivity index (χ3v) is 7.94. The van der Waals surface area contributed by atoms with Gasteiger partial charge in [-0.15, -0.1) is 10.2 Å². The van der Waals surface area contributed by atoms with E-state index in [1.807, 2.05) is 17.9 Å². The van der Waals surface area contributed by atoms with Crippen LogP contribution in [-0.4, -0.2) is 63.8 Å². The summed E-state index contributed by atoms with van der Waals surface area (Å²) >= 11 is 0. The molecule has 2 aromatic heterocycles. The first kappa shape index (κ1) is 21.1. The van der Waals surface area contributed by atoms with Crippen LogP contribution in [0.5, 0.6) is 0 Å². The van der Waals surface area contributed by atoms with E-state index in [4.69, 9.17) is 4.74 Å². The Hall–Kier alpha value is -2.51. The number of anilines is 1. The molecule has 1 aliphatic carbocycles. The van der Waals surface area contributed by atoms with Gasteiger partial charge in [0.1, 0.15) is 5.82 Å². The second-order valence-corrected chi connectivity index (χ2v) is 10.4. The van der Waals surface area contributed by atoms with Gasteiger partial charge in [-0.3, -0.25) is 4.68 Å². The molecule has 4 heterocycles. The van der Waals surface area contributed by atoms with Crippen molar-refractivity contribution in [2.75, 3.05) is 38.2 Å². The van der Waals surface area contributed by atoms with Gasteiger partial charge in [0, 0.05) is 63.1 Å². The van der Waals surface area contributed by atoms with E-state index in [2.05, 4.69) is 56.7 Å². The molecule has 174 valence electrons. The van der Waals surface area contributed by atoms with Crippen LogP contribution in [0.4, 0.5) is 5.82 Å². The van der Waals surface area contributed by atoms with Crippen molar-refractivity contribution in [3.8, 4) is 11.3 Å². The molecule has 1 saturated carbocycles. The third kappa shape index (κ3) is 4.36. The highest BCUT2D eigenvalue weighted by Crippen LogP contribution is 2.39. The number of hydrogen-bond donors (Lipinski definition) is 1. The van der Waals surface area contributed by atoms with Gasteiger partial charge in [-0.05, 0) is 80.2 Å². The van der Waals surface area contributed by atoms with Crippen molar-refractivity contribution in [1.29, 1.82) is 0 Å². The zero-order valence-corrected chi connectivity index (χ0v) is 19.7. The molecule has 7 heteroatoms. The van der Waals surface area contributed by atoms with Gasteiger partial charge in [0.05, 0.1) is 11.2 Å². The Balaban J connectivity index is 1.06. The number of hydrogen-bond acceptors (Lipinski definition) is 6. The standard InChI is InChI=1S/C26H34N6O/c1-17-9-25-21(14-31(2)30-25)12-23(17)24-3-4-26(29-28-24)27-22-10-19-15-32(16-20(19)11-22)13-18-5-7-33-8-6-18/h3-4,9,12,14,18-20,22H,5-8,10-11,13,15-16H2,1-2H3,(H,27,29). The molecule has 0 amide bonds. The maximum absolute atomic E-state index is 5.52. The molecule has 3 aromatic rings. The van der Waals surface area contributed by atoms with Crippen molar-refractivity contribution >= 4 is 16.7 Å². The van der Waals surface area contributed by atoms with Gasteiger partial charge >= 0.3 is 0 Å². The van der Waals surface area contributed by atoms with Gasteiger partial charge in [0.2, 0.25) is 0 Å².